The third-order valence-corrected chi connectivity index (χ3v) is 3.61. The largest absolute Gasteiger partial charge is 0.354 e. The summed E-state index contributed by atoms with van der Waals surface area (Å²) in [7, 11) is 0. The molecule has 0 saturated carbocycles. The number of nitrogens with zero attached hydrogens (tertiary/aromatic N) is 4. The molecule has 20 heavy (non-hydrogen) atoms. The molecule has 2 aromatic rings. The van der Waals surface area contributed by atoms with Crippen molar-refractivity contribution in [2.24, 2.45) is 0 Å². The van der Waals surface area contributed by atoms with Gasteiger partial charge >= 0.3 is 0 Å². The fourth-order valence-corrected chi connectivity index (χ4v) is 2.20. The van der Waals surface area contributed by atoms with Crippen LogP contribution in [-0.4, -0.2) is 31.5 Å². The summed E-state index contributed by atoms with van der Waals surface area (Å²) in [6.45, 7) is 8.00. The van der Waals surface area contributed by atoms with E-state index >= 15 is 0 Å². The molecule has 0 saturated heterocycles. The predicted molar refractivity (Wildman–Crippen MR) is 76.5 cm³/mol. The summed E-state index contributed by atoms with van der Waals surface area (Å²) in [5.41, 5.74) is 2.99. The number of carbonyl (C=O) groups excluding carboxylic acids is 1. The molecule has 2 heterocycles. The van der Waals surface area contributed by atoms with E-state index in [2.05, 4.69) is 27.3 Å². The first kappa shape index (κ1) is 14.4. The Morgan fingerprint density at radius 1 is 1.45 bits per heavy atom. The molecule has 6 nitrogen and oxygen atoms in total. The zero-order valence-corrected chi connectivity index (χ0v) is 12.5. The molecule has 0 aliphatic carbocycles. The van der Waals surface area contributed by atoms with Crippen LogP contribution in [0, 0.1) is 13.8 Å². The number of rotatable bonds is 5. The summed E-state index contributed by atoms with van der Waals surface area (Å²) in [5, 5.41) is 7.13. The van der Waals surface area contributed by atoms with Crippen LogP contribution in [0.2, 0.25) is 0 Å². The molecule has 0 spiro atoms. The van der Waals surface area contributed by atoms with Gasteiger partial charge in [-0.15, -0.1) is 0 Å². The van der Waals surface area contributed by atoms with Crippen LogP contribution < -0.4 is 5.32 Å². The zero-order valence-electron chi connectivity index (χ0n) is 12.5. The number of nitrogens with one attached hydrogen (secondary N) is 1. The Hall–Kier alpha value is -1.98. The third-order valence-electron chi connectivity index (χ3n) is 3.61. The highest BCUT2D eigenvalue weighted by molar-refractivity contribution is 5.76. The second kappa shape index (κ2) is 5.98. The van der Waals surface area contributed by atoms with Crippen molar-refractivity contribution in [2.45, 2.75) is 53.0 Å². The maximum Gasteiger partial charge on any atom is 0.252 e. The van der Waals surface area contributed by atoms with Crippen molar-refractivity contribution < 1.29 is 4.79 Å². The molecule has 0 aliphatic heterocycles. The topological polar surface area (TPSA) is 72.2 Å². The van der Waals surface area contributed by atoms with Gasteiger partial charge in [-0.1, -0.05) is 6.92 Å². The minimum Gasteiger partial charge on any atom is -0.354 e. The van der Waals surface area contributed by atoms with Crippen LogP contribution in [0.4, 0.5) is 0 Å². The number of aryl methyl sites for hydroxylation is 2. The molecule has 1 unspecified atom stereocenters. The van der Waals surface area contributed by atoms with Gasteiger partial charge < -0.3 is 5.32 Å². The van der Waals surface area contributed by atoms with Gasteiger partial charge in [0.25, 0.3) is 5.78 Å². The van der Waals surface area contributed by atoms with E-state index in [-0.39, 0.29) is 11.9 Å². The van der Waals surface area contributed by atoms with Crippen LogP contribution in [-0.2, 0) is 11.2 Å². The number of aromatic nitrogens is 4. The van der Waals surface area contributed by atoms with Gasteiger partial charge in [0.1, 0.15) is 6.33 Å². The first-order chi connectivity index (χ1) is 9.52. The summed E-state index contributed by atoms with van der Waals surface area (Å²) in [4.78, 5) is 20.4. The molecule has 108 valence electrons. The SMILES string of the molecule is CCC(C)NC(=O)CCc1c(C)nc2ncnn2c1C. The smallest absolute Gasteiger partial charge is 0.252 e. The van der Waals surface area contributed by atoms with Gasteiger partial charge in [-0.3, -0.25) is 4.79 Å². The normalized spacial score (nSPS) is 12.6. The van der Waals surface area contributed by atoms with Gasteiger partial charge in [0.2, 0.25) is 5.91 Å². The number of amides is 1. The van der Waals surface area contributed by atoms with Crippen molar-refractivity contribution in [3.05, 3.63) is 23.3 Å². The van der Waals surface area contributed by atoms with Gasteiger partial charge in [-0.25, -0.2) is 9.50 Å². The molecular formula is C14H21N5O. The maximum absolute atomic E-state index is 11.9. The van der Waals surface area contributed by atoms with E-state index < -0.39 is 0 Å². The zero-order chi connectivity index (χ0) is 14.7. The number of hydrogen-bond donors (Lipinski definition) is 1. The van der Waals surface area contributed by atoms with Gasteiger partial charge in [0.05, 0.1) is 0 Å². The quantitative estimate of drug-likeness (QED) is 0.899. The molecule has 2 rings (SSSR count). The molecular weight excluding hydrogens is 254 g/mol. The first-order valence-electron chi connectivity index (χ1n) is 6.98. The van der Waals surface area contributed by atoms with Crippen LogP contribution in [0.25, 0.3) is 5.78 Å². The highest BCUT2D eigenvalue weighted by Gasteiger charge is 2.13. The highest BCUT2D eigenvalue weighted by atomic mass is 16.1. The molecule has 2 aromatic heterocycles. The Balaban J connectivity index is 2.11. The van der Waals surface area contributed by atoms with E-state index in [0.29, 0.717) is 18.6 Å². The lowest BCUT2D eigenvalue weighted by Gasteiger charge is -2.13. The van der Waals surface area contributed by atoms with E-state index in [4.69, 9.17) is 0 Å². The van der Waals surface area contributed by atoms with Crippen LogP contribution in [0.1, 0.15) is 43.6 Å². The van der Waals surface area contributed by atoms with E-state index in [9.17, 15) is 4.79 Å². The Morgan fingerprint density at radius 2 is 2.20 bits per heavy atom. The van der Waals surface area contributed by atoms with Crippen molar-refractivity contribution >= 4 is 11.7 Å². The minimum atomic E-state index is 0.0804. The van der Waals surface area contributed by atoms with Crippen LogP contribution in [0.5, 0.6) is 0 Å². The van der Waals surface area contributed by atoms with Crippen LogP contribution in [0.3, 0.4) is 0 Å². The van der Waals surface area contributed by atoms with Crippen molar-refractivity contribution in [2.75, 3.05) is 0 Å². The maximum atomic E-state index is 11.9. The van der Waals surface area contributed by atoms with Crippen LogP contribution >= 0.6 is 0 Å². The molecule has 1 N–H and O–H groups in total. The molecule has 6 heteroatoms. The molecule has 0 fully saturated rings. The lowest BCUT2D eigenvalue weighted by molar-refractivity contribution is -0.121. The molecule has 0 aliphatic rings. The number of hydrogen-bond acceptors (Lipinski definition) is 4. The molecule has 1 atom stereocenters. The van der Waals surface area contributed by atoms with E-state index in [1.165, 1.54) is 6.33 Å². The van der Waals surface area contributed by atoms with Gasteiger partial charge in [0.15, 0.2) is 0 Å². The Labute approximate surface area is 118 Å². The van der Waals surface area contributed by atoms with Crippen molar-refractivity contribution in [3.8, 4) is 0 Å². The monoisotopic (exact) mass is 275 g/mol. The van der Waals surface area contributed by atoms with Gasteiger partial charge in [-0.05, 0) is 39.2 Å². The molecule has 0 aromatic carbocycles. The summed E-state index contributed by atoms with van der Waals surface area (Å²) >= 11 is 0. The summed E-state index contributed by atoms with van der Waals surface area (Å²) < 4.78 is 1.72. The highest BCUT2D eigenvalue weighted by Crippen LogP contribution is 2.14. The lowest BCUT2D eigenvalue weighted by Crippen LogP contribution is -2.32. The second-order valence-electron chi connectivity index (χ2n) is 5.11. The molecule has 0 radical (unpaired) electrons. The van der Waals surface area contributed by atoms with Crippen molar-refractivity contribution in [3.63, 3.8) is 0 Å². The van der Waals surface area contributed by atoms with Crippen LogP contribution in [0.15, 0.2) is 6.33 Å². The standard InChI is InChI=1S/C14H21N5O/c1-5-9(2)17-13(20)7-6-12-10(3)18-14-15-8-16-19(14)11(12)4/h8-9H,5-7H2,1-4H3,(H,17,20). The van der Waals surface area contributed by atoms with E-state index in [1.54, 1.807) is 4.52 Å². The number of carbonyl (C=O) groups is 1. The lowest BCUT2D eigenvalue weighted by atomic mass is 10.1. The Bertz CT molecular complexity index is 619. The van der Waals surface area contributed by atoms with Gasteiger partial charge in [-0.2, -0.15) is 10.1 Å². The van der Waals surface area contributed by atoms with Crippen molar-refractivity contribution in [1.82, 2.24) is 24.9 Å². The summed E-state index contributed by atoms with van der Waals surface area (Å²) in [5.74, 6) is 0.685. The Kier molecular flexibility index (Phi) is 4.32. The minimum absolute atomic E-state index is 0.0804. The molecule has 1 amide bonds. The summed E-state index contributed by atoms with van der Waals surface area (Å²) in [6.07, 6.45) is 3.57. The number of fused-ring (bicyclic) bond motifs is 1. The average Bonchev–Trinajstić information content (AvgIpc) is 2.86. The average molecular weight is 275 g/mol. The predicted octanol–water partition coefficient (Wildman–Crippen LogP) is 1.59. The Morgan fingerprint density at radius 3 is 2.90 bits per heavy atom. The van der Waals surface area contributed by atoms with Gasteiger partial charge in [0, 0.05) is 23.9 Å². The van der Waals surface area contributed by atoms with Crippen molar-refractivity contribution in [1.29, 1.82) is 0 Å². The molecule has 0 bridgehead atoms. The summed E-state index contributed by atoms with van der Waals surface area (Å²) in [6, 6.07) is 0.223. The third kappa shape index (κ3) is 2.95. The fourth-order valence-electron chi connectivity index (χ4n) is 2.20. The fraction of sp³-hybridized carbons (Fsp3) is 0.571. The van der Waals surface area contributed by atoms with E-state index in [1.807, 2.05) is 20.8 Å². The second-order valence-corrected chi connectivity index (χ2v) is 5.11. The van der Waals surface area contributed by atoms with E-state index in [0.717, 1.165) is 23.4 Å². The first-order valence-corrected chi connectivity index (χ1v) is 6.98.